The Labute approximate surface area is 116 Å². The zero-order chi connectivity index (χ0) is 13.2. The van der Waals surface area contributed by atoms with Crippen molar-refractivity contribution in [1.82, 2.24) is 10.3 Å². The molecule has 0 bridgehead atoms. The van der Waals surface area contributed by atoms with Gasteiger partial charge < -0.3 is 10.2 Å². The molecule has 104 valence electrons. The third-order valence-electron chi connectivity index (χ3n) is 4.55. The quantitative estimate of drug-likeness (QED) is 0.881. The lowest BCUT2D eigenvalue weighted by atomic mass is 9.95. The number of pyridine rings is 1. The van der Waals surface area contributed by atoms with Crippen LogP contribution in [0.1, 0.15) is 38.7 Å². The molecule has 3 rings (SSSR count). The topological polar surface area (TPSA) is 28.2 Å². The Morgan fingerprint density at radius 2 is 2.21 bits per heavy atom. The van der Waals surface area contributed by atoms with Crippen molar-refractivity contribution in [3.8, 4) is 0 Å². The molecule has 0 spiro atoms. The molecule has 1 aliphatic heterocycles. The first kappa shape index (κ1) is 12.9. The molecule has 19 heavy (non-hydrogen) atoms. The maximum atomic E-state index is 4.33. The highest BCUT2D eigenvalue weighted by molar-refractivity contribution is 5.52. The molecule has 2 heterocycles. The van der Waals surface area contributed by atoms with Gasteiger partial charge in [0, 0.05) is 31.9 Å². The van der Waals surface area contributed by atoms with Gasteiger partial charge in [0.25, 0.3) is 0 Å². The molecule has 1 aromatic rings. The molecular weight excluding hydrogens is 234 g/mol. The number of hydrogen-bond donors (Lipinski definition) is 1. The molecular formula is C16H25N3. The van der Waals surface area contributed by atoms with Gasteiger partial charge in [-0.3, -0.25) is 4.98 Å². The van der Waals surface area contributed by atoms with Gasteiger partial charge >= 0.3 is 0 Å². The van der Waals surface area contributed by atoms with Crippen molar-refractivity contribution in [2.75, 3.05) is 18.0 Å². The second kappa shape index (κ2) is 5.49. The van der Waals surface area contributed by atoms with Crippen LogP contribution in [0.5, 0.6) is 0 Å². The maximum absolute atomic E-state index is 4.33. The van der Waals surface area contributed by atoms with Gasteiger partial charge in [-0.25, -0.2) is 0 Å². The average Bonchev–Trinajstić information content (AvgIpc) is 3.11. The molecule has 1 N–H and O–H groups in total. The smallest absolute Gasteiger partial charge is 0.0598 e. The fourth-order valence-electron chi connectivity index (χ4n) is 2.94. The highest BCUT2D eigenvalue weighted by Crippen LogP contribution is 2.30. The minimum Gasteiger partial charge on any atom is -0.370 e. The average molecular weight is 259 g/mol. The first-order valence-electron chi connectivity index (χ1n) is 7.65. The largest absolute Gasteiger partial charge is 0.370 e. The van der Waals surface area contributed by atoms with Gasteiger partial charge in [-0.05, 0) is 42.7 Å². The molecule has 1 aliphatic carbocycles. The second-order valence-corrected chi connectivity index (χ2v) is 6.40. The zero-order valence-corrected chi connectivity index (χ0v) is 12.1. The van der Waals surface area contributed by atoms with Gasteiger partial charge in [-0.2, -0.15) is 0 Å². The molecule has 1 unspecified atom stereocenters. The lowest BCUT2D eigenvalue weighted by molar-refractivity contribution is 0.422. The van der Waals surface area contributed by atoms with Crippen LogP contribution in [-0.2, 0) is 6.54 Å². The molecule has 1 saturated heterocycles. The Morgan fingerprint density at radius 3 is 2.89 bits per heavy atom. The molecule has 3 heteroatoms. The second-order valence-electron chi connectivity index (χ2n) is 6.40. The highest BCUT2D eigenvalue weighted by Gasteiger charge is 2.27. The molecule has 1 atom stereocenters. The van der Waals surface area contributed by atoms with E-state index >= 15 is 0 Å². The van der Waals surface area contributed by atoms with Crippen LogP contribution in [0.4, 0.5) is 5.69 Å². The van der Waals surface area contributed by atoms with E-state index in [0.29, 0.717) is 0 Å². The fourth-order valence-corrected chi connectivity index (χ4v) is 2.94. The number of hydrogen-bond acceptors (Lipinski definition) is 3. The van der Waals surface area contributed by atoms with Crippen LogP contribution in [0.2, 0.25) is 0 Å². The van der Waals surface area contributed by atoms with E-state index in [4.69, 9.17) is 0 Å². The van der Waals surface area contributed by atoms with Crippen molar-refractivity contribution in [2.24, 2.45) is 11.8 Å². The maximum Gasteiger partial charge on any atom is 0.0598 e. The number of rotatable bonds is 5. The van der Waals surface area contributed by atoms with E-state index in [1.54, 1.807) is 0 Å². The Bertz CT molecular complexity index is 426. The lowest BCUT2D eigenvalue weighted by Crippen LogP contribution is -2.24. The summed E-state index contributed by atoms with van der Waals surface area (Å²) in [5.74, 6) is 1.62. The standard InChI is InChI=1S/C16H25N3/c1-12(2)14-6-8-19(11-14)16-10-17-7-5-13(16)9-18-15-3-4-15/h5,7,10,12,14-15,18H,3-4,6,8-9,11H2,1-2H3. The summed E-state index contributed by atoms with van der Waals surface area (Å²) in [5, 5.41) is 3.62. The van der Waals surface area contributed by atoms with E-state index in [9.17, 15) is 0 Å². The van der Waals surface area contributed by atoms with Gasteiger partial charge in [0.15, 0.2) is 0 Å². The Hall–Kier alpha value is -1.09. The van der Waals surface area contributed by atoms with Crippen molar-refractivity contribution >= 4 is 5.69 Å². The number of nitrogens with zero attached hydrogens (tertiary/aromatic N) is 2. The summed E-state index contributed by atoms with van der Waals surface area (Å²) in [4.78, 5) is 6.86. The summed E-state index contributed by atoms with van der Waals surface area (Å²) < 4.78 is 0. The number of aromatic nitrogens is 1. The van der Waals surface area contributed by atoms with Crippen LogP contribution in [0.25, 0.3) is 0 Å². The molecule has 0 amide bonds. The monoisotopic (exact) mass is 259 g/mol. The van der Waals surface area contributed by atoms with E-state index in [-0.39, 0.29) is 0 Å². The third-order valence-corrected chi connectivity index (χ3v) is 4.55. The molecule has 0 aromatic carbocycles. The zero-order valence-electron chi connectivity index (χ0n) is 12.1. The van der Waals surface area contributed by atoms with Crippen molar-refractivity contribution in [3.63, 3.8) is 0 Å². The lowest BCUT2D eigenvalue weighted by Gasteiger charge is -2.22. The first-order valence-corrected chi connectivity index (χ1v) is 7.65. The van der Waals surface area contributed by atoms with Crippen molar-refractivity contribution in [3.05, 3.63) is 24.0 Å². The molecule has 2 aliphatic rings. The van der Waals surface area contributed by atoms with E-state index in [1.165, 1.54) is 43.6 Å². The molecule has 1 saturated carbocycles. The Morgan fingerprint density at radius 1 is 1.37 bits per heavy atom. The summed E-state index contributed by atoms with van der Waals surface area (Å²) in [6, 6.07) is 2.94. The molecule has 1 aromatic heterocycles. The van der Waals surface area contributed by atoms with Crippen molar-refractivity contribution < 1.29 is 0 Å². The van der Waals surface area contributed by atoms with Gasteiger partial charge in [-0.15, -0.1) is 0 Å². The minimum absolute atomic E-state index is 0.767. The van der Waals surface area contributed by atoms with Gasteiger partial charge in [0.05, 0.1) is 11.9 Å². The fraction of sp³-hybridized carbons (Fsp3) is 0.688. The summed E-state index contributed by atoms with van der Waals surface area (Å²) in [7, 11) is 0. The SMILES string of the molecule is CC(C)C1CCN(c2cnccc2CNC2CC2)C1. The Kier molecular flexibility index (Phi) is 3.74. The van der Waals surface area contributed by atoms with Crippen LogP contribution in [0.3, 0.4) is 0 Å². The summed E-state index contributed by atoms with van der Waals surface area (Å²) in [5.41, 5.74) is 2.75. The van der Waals surface area contributed by atoms with Crippen LogP contribution in [0, 0.1) is 11.8 Å². The highest BCUT2D eigenvalue weighted by atomic mass is 15.2. The normalized spacial score (nSPS) is 23.3. The van der Waals surface area contributed by atoms with E-state index in [1.807, 2.05) is 12.4 Å². The third kappa shape index (κ3) is 3.08. The van der Waals surface area contributed by atoms with E-state index < -0.39 is 0 Å². The van der Waals surface area contributed by atoms with Crippen molar-refractivity contribution in [1.29, 1.82) is 0 Å². The van der Waals surface area contributed by atoms with Gasteiger partial charge in [0.2, 0.25) is 0 Å². The first-order chi connectivity index (χ1) is 9.24. The predicted molar refractivity (Wildman–Crippen MR) is 79.3 cm³/mol. The summed E-state index contributed by atoms with van der Waals surface area (Å²) >= 11 is 0. The summed E-state index contributed by atoms with van der Waals surface area (Å²) in [6.45, 7) is 8.05. The van der Waals surface area contributed by atoms with Crippen molar-refractivity contribution in [2.45, 2.75) is 45.7 Å². The van der Waals surface area contributed by atoms with E-state index in [2.05, 4.69) is 35.1 Å². The van der Waals surface area contributed by atoms with Crippen LogP contribution < -0.4 is 10.2 Å². The van der Waals surface area contributed by atoms with Crippen LogP contribution in [0.15, 0.2) is 18.5 Å². The summed E-state index contributed by atoms with van der Waals surface area (Å²) in [6.07, 6.45) is 7.98. The molecule has 3 nitrogen and oxygen atoms in total. The van der Waals surface area contributed by atoms with Crippen LogP contribution in [-0.4, -0.2) is 24.1 Å². The number of anilines is 1. The van der Waals surface area contributed by atoms with Gasteiger partial charge in [0.1, 0.15) is 0 Å². The molecule has 2 fully saturated rings. The molecule has 0 radical (unpaired) electrons. The number of nitrogens with one attached hydrogen (secondary N) is 1. The van der Waals surface area contributed by atoms with E-state index in [0.717, 1.165) is 24.4 Å². The Balaban J connectivity index is 1.69. The predicted octanol–water partition coefficient (Wildman–Crippen LogP) is 2.82. The van der Waals surface area contributed by atoms with Gasteiger partial charge in [-0.1, -0.05) is 13.8 Å². The minimum atomic E-state index is 0.767. The van der Waals surface area contributed by atoms with Crippen LogP contribution >= 0.6 is 0 Å².